The molecule has 0 aliphatic heterocycles. The average molecular weight is 424 g/mol. The first-order chi connectivity index (χ1) is 14.9. The van der Waals surface area contributed by atoms with Crippen LogP contribution in [0.5, 0.6) is 0 Å². The molecule has 3 N–H and O–H groups in total. The zero-order chi connectivity index (χ0) is 22.4. The van der Waals surface area contributed by atoms with Gasteiger partial charge in [0, 0.05) is 24.6 Å². The third-order valence-electron chi connectivity index (χ3n) is 5.14. The highest BCUT2D eigenvalue weighted by Gasteiger charge is 2.17. The normalized spacial score (nSPS) is 11.0. The van der Waals surface area contributed by atoms with Gasteiger partial charge in [-0.15, -0.1) is 0 Å². The van der Waals surface area contributed by atoms with Gasteiger partial charge in [-0.1, -0.05) is 38.8 Å². The number of hydrogen-bond acceptors (Lipinski definition) is 5. The fourth-order valence-corrected chi connectivity index (χ4v) is 3.42. The fourth-order valence-electron chi connectivity index (χ4n) is 3.42. The van der Waals surface area contributed by atoms with Crippen molar-refractivity contribution < 1.29 is 4.92 Å². The zero-order valence-corrected chi connectivity index (χ0v) is 18.0. The predicted molar refractivity (Wildman–Crippen MR) is 120 cm³/mol. The van der Waals surface area contributed by atoms with Crippen molar-refractivity contribution in [2.24, 2.45) is 5.73 Å². The summed E-state index contributed by atoms with van der Waals surface area (Å²) in [5, 5.41) is 23.6. The van der Waals surface area contributed by atoms with Crippen molar-refractivity contribution in [1.82, 2.24) is 19.3 Å². The molecule has 2 aromatic heterocycles. The van der Waals surface area contributed by atoms with E-state index >= 15 is 0 Å². The van der Waals surface area contributed by atoms with E-state index in [1.165, 1.54) is 12.3 Å². The van der Waals surface area contributed by atoms with Crippen LogP contribution in [0.1, 0.15) is 62.4 Å². The largest absolute Gasteiger partial charge is 0.382 e. The Bertz CT molecular complexity index is 1050. The summed E-state index contributed by atoms with van der Waals surface area (Å²) < 4.78 is 3.55. The summed E-state index contributed by atoms with van der Waals surface area (Å²) in [6.45, 7) is 4.94. The molecule has 0 unspecified atom stereocenters. The molecule has 9 heteroatoms. The van der Waals surface area contributed by atoms with Crippen LogP contribution in [-0.4, -0.2) is 30.1 Å². The number of amidine groups is 1. The maximum Gasteiger partial charge on any atom is 0.288 e. The van der Waals surface area contributed by atoms with Crippen LogP contribution in [0.15, 0.2) is 36.5 Å². The van der Waals surface area contributed by atoms with Gasteiger partial charge in [-0.2, -0.15) is 5.10 Å². The third-order valence-corrected chi connectivity index (χ3v) is 5.14. The molecule has 0 spiro atoms. The van der Waals surface area contributed by atoms with Crippen LogP contribution in [0.4, 0.5) is 5.69 Å². The topological polar surface area (TPSA) is 129 Å². The van der Waals surface area contributed by atoms with E-state index in [-0.39, 0.29) is 17.2 Å². The van der Waals surface area contributed by atoms with Crippen LogP contribution in [0.3, 0.4) is 0 Å². The lowest BCUT2D eigenvalue weighted by molar-refractivity contribution is -0.384. The van der Waals surface area contributed by atoms with Crippen LogP contribution in [0, 0.1) is 15.5 Å². The standard InChI is InChI=1S/C22H29N7O2/c1-3-5-7-20-25-21(8-6-4-2)28(26-20)14-16-9-11-17(12-10-16)27-15-18(29(30)31)13-19(27)22(23)24/h9-13,15H,3-8,14H2,1-2H3,(H3,23,24). The molecular weight excluding hydrogens is 394 g/mol. The first kappa shape index (κ1) is 22.2. The molecule has 1 aromatic carbocycles. The second-order valence-electron chi connectivity index (χ2n) is 7.60. The number of nitrogens with zero attached hydrogens (tertiary/aromatic N) is 5. The Balaban J connectivity index is 1.83. The van der Waals surface area contributed by atoms with Crippen molar-refractivity contribution in [3.8, 4) is 5.69 Å². The highest BCUT2D eigenvalue weighted by molar-refractivity contribution is 5.94. The zero-order valence-electron chi connectivity index (χ0n) is 18.0. The summed E-state index contributed by atoms with van der Waals surface area (Å²) >= 11 is 0. The van der Waals surface area contributed by atoms with E-state index in [1.54, 1.807) is 4.57 Å². The van der Waals surface area contributed by atoms with Gasteiger partial charge in [-0.3, -0.25) is 15.5 Å². The van der Waals surface area contributed by atoms with Crippen LogP contribution < -0.4 is 5.73 Å². The molecular formula is C22H29N7O2. The molecule has 0 aliphatic carbocycles. The molecule has 3 aromatic rings. The number of nitrogens with two attached hydrogens (primary N) is 1. The number of nitrogens with one attached hydrogen (secondary N) is 1. The second kappa shape index (κ2) is 10.0. The summed E-state index contributed by atoms with van der Waals surface area (Å²) in [6.07, 6.45) is 7.54. The van der Waals surface area contributed by atoms with Crippen molar-refractivity contribution in [2.45, 2.75) is 58.9 Å². The maximum atomic E-state index is 11.1. The van der Waals surface area contributed by atoms with E-state index in [2.05, 4.69) is 13.8 Å². The number of hydrogen-bond donors (Lipinski definition) is 2. The summed E-state index contributed by atoms with van der Waals surface area (Å²) in [4.78, 5) is 15.4. The van der Waals surface area contributed by atoms with Gasteiger partial charge in [0.1, 0.15) is 11.7 Å². The van der Waals surface area contributed by atoms with Crippen LogP contribution >= 0.6 is 0 Å². The van der Waals surface area contributed by atoms with Crippen molar-refractivity contribution in [3.63, 3.8) is 0 Å². The molecule has 164 valence electrons. The summed E-state index contributed by atoms with van der Waals surface area (Å²) in [7, 11) is 0. The molecule has 0 saturated heterocycles. The second-order valence-corrected chi connectivity index (χ2v) is 7.60. The van der Waals surface area contributed by atoms with Gasteiger partial charge in [-0.25, -0.2) is 9.67 Å². The maximum absolute atomic E-state index is 11.1. The number of benzene rings is 1. The summed E-state index contributed by atoms with van der Waals surface area (Å²) in [5.41, 5.74) is 7.56. The molecule has 31 heavy (non-hydrogen) atoms. The predicted octanol–water partition coefficient (Wildman–Crippen LogP) is 3.99. The SMILES string of the molecule is CCCCc1nc(CCCC)n(Cc2ccc(-n3cc([N+](=O)[O-])cc3C(=N)N)cc2)n1. The highest BCUT2D eigenvalue weighted by Crippen LogP contribution is 2.21. The third kappa shape index (κ3) is 5.36. The van der Waals surface area contributed by atoms with E-state index in [9.17, 15) is 10.1 Å². The van der Waals surface area contributed by atoms with Crippen molar-refractivity contribution in [3.05, 3.63) is 69.5 Å². The Labute approximate surface area is 181 Å². The molecule has 3 rings (SSSR count). The van der Waals surface area contributed by atoms with Gasteiger partial charge in [0.2, 0.25) is 0 Å². The molecule has 0 radical (unpaired) electrons. The molecule has 0 aliphatic rings. The molecule has 0 saturated carbocycles. The highest BCUT2D eigenvalue weighted by atomic mass is 16.6. The Kier molecular flexibility index (Phi) is 7.17. The molecule has 9 nitrogen and oxygen atoms in total. The Morgan fingerprint density at radius 3 is 2.45 bits per heavy atom. The fraction of sp³-hybridized carbons (Fsp3) is 0.409. The number of nitrogen functional groups attached to an aromatic ring is 1. The molecule has 0 bridgehead atoms. The lowest BCUT2D eigenvalue weighted by Gasteiger charge is -2.10. The van der Waals surface area contributed by atoms with Crippen LogP contribution in [-0.2, 0) is 19.4 Å². The van der Waals surface area contributed by atoms with E-state index in [1.807, 2.05) is 28.9 Å². The quantitative estimate of drug-likeness (QED) is 0.208. The van der Waals surface area contributed by atoms with Gasteiger partial charge < -0.3 is 10.3 Å². The Hall–Kier alpha value is -3.49. The van der Waals surface area contributed by atoms with E-state index in [0.717, 1.165) is 55.7 Å². The number of unbranched alkanes of at least 4 members (excludes halogenated alkanes) is 2. The van der Waals surface area contributed by atoms with Crippen LogP contribution in [0.2, 0.25) is 0 Å². The number of rotatable bonds is 11. The molecule has 0 amide bonds. The minimum atomic E-state index is -0.490. The minimum absolute atomic E-state index is 0.0999. The smallest absolute Gasteiger partial charge is 0.288 e. The van der Waals surface area contributed by atoms with Gasteiger partial charge in [0.25, 0.3) is 5.69 Å². The summed E-state index contributed by atoms with van der Waals surface area (Å²) in [5.74, 6) is 1.69. The van der Waals surface area contributed by atoms with E-state index in [0.29, 0.717) is 12.2 Å². The lowest BCUT2D eigenvalue weighted by Crippen LogP contribution is -2.15. The van der Waals surface area contributed by atoms with Gasteiger partial charge in [0.15, 0.2) is 5.82 Å². The first-order valence-corrected chi connectivity index (χ1v) is 10.7. The molecule has 0 fully saturated rings. The van der Waals surface area contributed by atoms with Crippen molar-refractivity contribution in [2.75, 3.05) is 0 Å². The molecule has 2 heterocycles. The Morgan fingerprint density at radius 1 is 1.16 bits per heavy atom. The van der Waals surface area contributed by atoms with Crippen molar-refractivity contribution >= 4 is 11.5 Å². The number of nitro groups is 1. The Morgan fingerprint density at radius 2 is 1.84 bits per heavy atom. The van der Waals surface area contributed by atoms with Gasteiger partial charge >= 0.3 is 0 Å². The van der Waals surface area contributed by atoms with Crippen molar-refractivity contribution in [1.29, 1.82) is 5.41 Å². The van der Waals surface area contributed by atoms with E-state index < -0.39 is 4.92 Å². The van der Waals surface area contributed by atoms with E-state index in [4.69, 9.17) is 21.2 Å². The number of aryl methyl sites for hydroxylation is 2. The lowest BCUT2D eigenvalue weighted by atomic mass is 10.2. The average Bonchev–Trinajstić information content (AvgIpc) is 3.36. The minimum Gasteiger partial charge on any atom is -0.382 e. The summed E-state index contributed by atoms with van der Waals surface area (Å²) in [6, 6.07) is 8.96. The van der Waals surface area contributed by atoms with Gasteiger partial charge in [0.05, 0.1) is 23.4 Å². The molecule has 0 atom stereocenters. The monoisotopic (exact) mass is 423 g/mol. The van der Waals surface area contributed by atoms with Crippen LogP contribution in [0.25, 0.3) is 5.69 Å². The first-order valence-electron chi connectivity index (χ1n) is 10.7. The number of aromatic nitrogens is 4. The van der Waals surface area contributed by atoms with Gasteiger partial charge in [-0.05, 0) is 30.5 Å².